The normalized spacial score (nSPS) is 13.7. The first-order valence-electron chi connectivity index (χ1n) is 5.46. The Bertz CT molecular complexity index is 585. The molecule has 0 aliphatic carbocycles. The van der Waals surface area contributed by atoms with Gasteiger partial charge in [0.1, 0.15) is 12.4 Å². The second kappa shape index (κ2) is 4.75. The highest BCUT2D eigenvalue weighted by Crippen LogP contribution is 2.32. The summed E-state index contributed by atoms with van der Waals surface area (Å²) in [7, 11) is 0. The molecule has 0 N–H and O–H groups in total. The molecule has 19 heavy (non-hydrogen) atoms. The topological polar surface area (TPSA) is 63.7 Å². The van der Waals surface area contributed by atoms with Crippen LogP contribution in [-0.2, 0) is 14.3 Å². The van der Waals surface area contributed by atoms with Crippen molar-refractivity contribution < 1.29 is 27.9 Å². The maximum Gasteiger partial charge on any atom is 0.326 e. The van der Waals surface area contributed by atoms with Crippen LogP contribution in [0.4, 0.5) is 14.5 Å². The summed E-state index contributed by atoms with van der Waals surface area (Å²) in [5.74, 6) is -4.93. The number of ether oxygens (including phenoxy) is 1. The summed E-state index contributed by atoms with van der Waals surface area (Å²) >= 11 is 0. The molecule has 1 aliphatic heterocycles. The standard InChI is InChI=1S/C12H9F2NO4/c1-2-19-9(16)5-15-10-7(11(17)12(15)18)3-6(13)4-8(10)14/h3-4H,2,5H2,1H3. The number of hydrogen-bond acceptors (Lipinski definition) is 4. The van der Waals surface area contributed by atoms with Crippen LogP contribution in [0, 0.1) is 11.6 Å². The second-order valence-electron chi connectivity index (χ2n) is 3.81. The van der Waals surface area contributed by atoms with E-state index < -0.39 is 35.8 Å². The van der Waals surface area contributed by atoms with E-state index in [0.717, 1.165) is 6.07 Å². The number of ketones is 1. The molecule has 1 amide bonds. The van der Waals surface area contributed by atoms with Crippen LogP contribution in [0.5, 0.6) is 0 Å². The summed E-state index contributed by atoms with van der Waals surface area (Å²) < 4.78 is 31.3. The zero-order valence-electron chi connectivity index (χ0n) is 9.91. The van der Waals surface area contributed by atoms with Crippen molar-refractivity contribution in [1.82, 2.24) is 0 Å². The molecular formula is C12H9F2NO4. The first kappa shape index (κ1) is 13.1. The molecule has 1 aromatic rings. The van der Waals surface area contributed by atoms with Crippen molar-refractivity contribution in [2.75, 3.05) is 18.1 Å². The highest BCUT2D eigenvalue weighted by atomic mass is 19.1. The molecule has 0 saturated heterocycles. The second-order valence-corrected chi connectivity index (χ2v) is 3.81. The lowest BCUT2D eigenvalue weighted by Crippen LogP contribution is -2.35. The monoisotopic (exact) mass is 269 g/mol. The number of hydrogen-bond donors (Lipinski definition) is 0. The van der Waals surface area contributed by atoms with Crippen molar-refractivity contribution in [3.05, 3.63) is 29.3 Å². The van der Waals surface area contributed by atoms with Gasteiger partial charge in [-0.3, -0.25) is 19.3 Å². The van der Waals surface area contributed by atoms with Gasteiger partial charge in [-0.25, -0.2) is 8.78 Å². The van der Waals surface area contributed by atoms with Crippen molar-refractivity contribution in [3.63, 3.8) is 0 Å². The quantitative estimate of drug-likeness (QED) is 0.608. The number of esters is 1. The molecule has 1 heterocycles. The summed E-state index contributed by atoms with van der Waals surface area (Å²) in [4.78, 5) is 35.2. The average Bonchev–Trinajstić information content (AvgIpc) is 2.55. The fourth-order valence-corrected chi connectivity index (χ4v) is 1.84. The summed E-state index contributed by atoms with van der Waals surface area (Å²) in [6.07, 6.45) is 0. The van der Waals surface area contributed by atoms with Crippen molar-refractivity contribution in [1.29, 1.82) is 0 Å². The molecule has 0 unspecified atom stereocenters. The molecule has 0 radical (unpaired) electrons. The zero-order valence-corrected chi connectivity index (χ0v) is 9.91. The number of Topliss-reactive ketones (excluding diaryl/α,β-unsaturated/α-hetero) is 1. The van der Waals surface area contributed by atoms with E-state index in [1.165, 1.54) is 0 Å². The van der Waals surface area contributed by atoms with Crippen molar-refractivity contribution in [3.8, 4) is 0 Å². The van der Waals surface area contributed by atoms with E-state index in [1.807, 2.05) is 0 Å². The minimum absolute atomic E-state index is 0.0908. The molecule has 1 aromatic carbocycles. The van der Waals surface area contributed by atoms with Crippen LogP contribution >= 0.6 is 0 Å². The van der Waals surface area contributed by atoms with Crippen molar-refractivity contribution in [2.24, 2.45) is 0 Å². The van der Waals surface area contributed by atoms with Gasteiger partial charge in [-0.1, -0.05) is 0 Å². The summed E-state index contributed by atoms with van der Waals surface area (Å²) in [5.41, 5.74) is -0.767. The third-order valence-corrected chi connectivity index (χ3v) is 2.57. The number of benzene rings is 1. The highest BCUT2D eigenvalue weighted by Gasteiger charge is 2.39. The van der Waals surface area contributed by atoms with Gasteiger partial charge < -0.3 is 4.74 Å². The van der Waals surface area contributed by atoms with E-state index in [0.29, 0.717) is 11.0 Å². The van der Waals surface area contributed by atoms with Gasteiger partial charge in [0.05, 0.1) is 17.9 Å². The Morgan fingerprint density at radius 3 is 2.63 bits per heavy atom. The maximum absolute atomic E-state index is 13.6. The Morgan fingerprint density at radius 2 is 2.00 bits per heavy atom. The smallest absolute Gasteiger partial charge is 0.326 e. The predicted octanol–water partition coefficient (Wildman–Crippen LogP) is 1.06. The molecule has 5 nitrogen and oxygen atoms in total. The fourth-order valence-electron chi connectivity index (χ4n) is 1.84. The minimum atomic E-state index is -1.08. The van der Waals surface area contributed by atoms with Crippen molar-refractivity contribution in [2.45, 2.75) is 6.92 Å². The van der Waals surface area contributed by atoms with Crippen LogP contribution in [0.1, 0.15) is 17.3 Å². The lowest BCUT2D eigenvalue weighted by atomic mass is 10.1. The zero-order chi connectivity index (χ0) is 14.2. The molecule has 2 rings (SSSR count). The molecule has 0 bridgehead atoms. The number of rotatable bonds is 3. The number of amides is 1. The van der Waals surface area contributed by atoms with E-state index in [9.17, 15) is 23.2 Å². The Morgan fingerprint density at radius 1 is 1.32 bits per heavy atom. The van der Waals surface area contributed by atoms with E-state index in [1.54, 1.807) is 6.92 Å². The largest absolute Gasteiger partial charge is 0.465 e. The first-order valence-corrected chi connectivity index (χ1v) is 5.46. The van der Waals surface area contributed by atoms with E-state index in [-0.39, 0.29) is 17.9 Å². The number of carbonyl (C=O) groups is 3. The van der Waals surface area contributed by atoms with Gasteiger partial charge in [0.15, 0.2) is 5.82 Å². The van der Waals surface area contributed by atoms with Gasteiger partial charge in [-0.05, 0) is 13.0 Å². The fraction of sp³-hybridized carbons (Fsp3) is 0.250. The van der Waals surface area contributed by atoms with Gasteiger partial charge in [-0.2, -0.15) is 0 Å². The number of carbonyl (C=O) groups excluding carboxylic acids is 3. The summed E-state index contributed by atoms with van der Waals surface area (Å²) in [5, 5.41) is 0. The molecule has 7 heteroatoms. The Kier molecular flexibility index (Phi) is 3.28. The molecule has 0 saturated carbocycles. The average molecular weight is 269 g/mol. The molecular weight excluding hydrogens is 260 g/mol. The Labute approximate surface area is 106 Å². The number of nitrogens with zero attached hydrogens (tertiary/aromatic N) is 1. The molecule has 0 fully saturated rings. The molecule has 100 valence electrons. The van der Waals surface area contributed by atoms with Gasteiger partial charge in [0.25, 0.3) is 11.7 Å². The highest BCUT2D eigenvalue weighted by molar-refractivity contribution is 6.52. The van der Waals surface area contributed by atoms with Crippen molar-refractivity contribution >= 4 is 23.3 Å². The number of anilines is 1. The molecule has 0 aromatic heterocycles. The van der Waals surface area contributed by atoms with Gasteiger partial charge in [0, 0.05) is 6.07 Å². The van der Waals surface area contributed by atoms with Gasteiger partial charge in [-0.15, -0.1) is 0 Å². The van der Waals surface area contributed by atoms with E-state index >= 15 is 0 Å². The third-order valence-electron chi connectivity index (χ3n) is 2.57. The number of fused-ring (bicyclic) bond motifs is 1. The third kappa shape index (κ3) is 2.18. The summed E-state index contributed by atoms with van der Waals surface area (Å²) in [6, 6.07) is 1.31. The van der Waals surface area contributed by atoms with E-state index in [2.05, 4.69) is 4.74 Å². The predicted molar refractivity (Wildman–Crippen MR) is 59.7 cm³/mol. The molecule has 1 aliphatic rings. The van der Waals surface area contributed by atoms with Gasteiger partial charge in [0.2, 0.25) is 0 Å². The van der Waals surface area contributed by atoms with Crippen LogP contribution in [0.15, 0.2) is 12.1 Å². The van der Waals surface area contributed by atoms with Crippen LogP contribution in [0.3, 0.4) is 0 Å². The molecule has 0 spiro atoms. The Balaban J connectivity index is 2.41. The molecule has 0 atom stereocenters. The van der Waals surface area contributed by atoms with E-state index in [4.69, 9.17) is 0 Å². The van der Waals surface area contributed by atoms with Crippen LogP contribution in [0.2, 0.25) is 0 Å². The van der Waals surface area contributed by atoms with Crippen LogP contribution in [-0.4, -0.2) is 30.8 Å². The lowest BCUT2D eigenvalue weighted by Gasteiger charge is -2.15. The maximum atomic E-state index is 13.6. The summed E-state index contributed by atoms with van der Waals surface area (Å²) in [6.45, 7) is 1.07. The van der Waals surface area contributed by atoms with Crippen LogP contribution in [0.25, 0.3) is 0 Å². The number of halogens is 2. The van der Waals surface area contributed by atoms with Crippen LogP contribution < -0.4 is 4.90 Å². The minimum Gasteiger partial charge on any atom is -0.465 e. The first-order chi connectivity index (χ1) is 8.95. The van der Waals surface area contributed by atoms with Gasteiger partial charge >= 0.3 is 5.97 Å². The Hall–Kier alpha value is -2.31. The SMILES string of the molecule is CCOC(=O)CN1C(=O)C(=O)c2cc(F)cc(F)c21. The lowest BCUT2D eigenvalue weighted by molar-refractivity contribution is -0.142.